The molecule has 1 aliphatic rings. The molecule has 0 radical (unpaired) electrons. The van der Waals surface area contributed by atoms with Crippen molar-refractivity contribution in [2.75, 3.05) is 5.01 Å². The molecule has 1 atom stereocenters. The van der Waals surface area contributed by atoms with E-state index in [4.69, 9.17) is 28.3 Å². The van der Waals surface area contributed by atoms with Gasteiger partial charge in [-0.15, -0.1) is 0 Å². The van der Waals surface area contributed by atoms with Crippen molar-refractivity contribution in [3.63, 3.8) is 0 Å². The van der Waals surface area contributed by atoms with Crippen LogP contribution < -0.4 is 5.01 Å². The number of halogens is 2. The molecule has 1 heterocycles. The average molecular weight is 393 g/mol. The third-order valence-electron chi connectivity index (χ3n) is 4.55. The molecule has 0 aliphatic carbocycles. The topological polar surface area (TPSA) is 15.6 Å². The van der Waals surface area contributed by atoms with Gasteiger partial charge in [-0.3, -0.25) is 5.01 Å². The van der Waals surface area contributed by atoms with E-state index in [-0.39, 0.29) is 6.04 Å². The summed E-state index contributed by atoms with van der Waals surface area (Å²) in [7, 11) is 0. The molecule has 0 saturated heterocycles. The monoisotopic (exact) mass is 392 g/mol. The number of hydrogen-bond acceptors (Lipinski definition) is 2. The molecule has 0 bridgehead atoms. The van der Waals surface area contributed by atoms with Gasteiger partial charge in [0.25, 0.3) is 0 Å². The predicted octanol–water partition coefficient (Wildman–Crippen LogP) is 7.01. The van der Waals surface area contributed by atoms with Crippen LogP contribution in [-0.4, -0.2) is 5.71 Å². The van der Waals surface area contributed by atoms with Gasteiger partial charge in [0.2, 0.25) is 0 Å². The number of hydrogen-bond donors (Lipinski definition) is 0. The van der Waals surface area contributed by atoms with Crippen LogP contribution >= 0.6 is 23.2 Å². The predicted molar refractivity (Wildman–Crippen MR) is 116 cm³/mol. The summed E-state index contributed by atoms with van der Waals surface area (Å²) >= 11 is 12.3. The number of hydrazone groups is 1. The molecule has 4 heteroatoms. The third-order valence-corrected chi connectivity index (χ3v) is 5.29. The fourth-order valence-electron chi connectivity index (χ4n) is 3.19. The Morgan fingerprint density at radius 2 is 1.52 bits per heavy atom. The summed E-state index contributed by atoms with van der Waals surface area (Å²) in [4.78, 5) is 0. The molecule has 3 aromatic rings. The highest BCUT2D eigenvalue weighted by atomic mass is 35.5. The first-order valence-electron chi connectivity index (χ1n) is 8.80. The lowest BCUT2D eigenvalue weighted by molar-refractivity contribution is 0.709. The van der Waals surface area contributed by atoms with Crippen LogP contribution in [0.4, 0.5) is 5.69 Å². The van der Waals surface area contributed by atoms with Crippen molar-refractivity contribution in [1.29, 1.82) is 0 Å². The number of allylic oxidation sites excluding steroid dienone is 1. The summed E-state index contributed by atoms with van der Waals surface area (Å²) in [5, 5.41) is 7.97. The molecule has 0 aromatic heterocycles. The number of nitrogens with zero attached hydrogens (tertiary/aromatic N) is 2. The van der Waals surface area contributed by atoms with Gasteiger partial charge >= 0.3 is 0 Å². The number of benzene rings is 3. The Kier molecular flexibility index (Phi) is 5.28. The largest absolute Gasteiger partial charge is 0.257 e. The molecule has 1 aliphatic heterocycles. The molecular formula is C23H18Cl2N2. The molecular weight excluding hydrogens is 375 g/mol. The van der Waals surface area contributed by atoms with Gasteiger partial charge in [0.05, 0.1) is 27.5 Å². The van der Waals surface area contributed by atoms with Gasteiger partial charge in [-0.25, -0.2) is 0 Å². The first kappa shape index (κ1) is 17.8. The van der Waals surface area contributed by atoms with Crippen LogP contribution in [0.5, 0.6) is 0 Å². The van der Waals surface area contributed by atoms with E-state index in [1.165, 1.54) is 5.56 Å². The van der Waals surface area contributed by atoms with Crippen molar-refractivity contribution >= 4 is 40.7 Å². The molecule has 0 amide bonds. The number of rotatable bonds is 4. The molecule has 2 nitrogen and oxygen atoms in total. The van der Waals surface area contributed by atoms with E-state index in [9.17, 15) is 0 Å². The molecule has 0 N–H and O–H groups in total. The maximum absolute atomic E-state index is 6.24. The van der Waals surface area contributed by atoms with Crippen LogP contribution in [0.25, 0.3) is 6.08 Å². The highest BCUT2D eigenvalue weighted by Crippen LogP contribution is 2.37. The van der Waals surface area contributed by atoms with Gasteiger partial charge in [0.1, 0.15) is 0 Å². The van der Waals surface area contributed by atoms with Crippen LogP contribution in [0, 0.1) is 0 Å². The van der Waals surface area contributed by atoms with E-state index in [2.05, 4.69) is 48.6 Å². The lowest BCUT2D eigenvalue weighted by atomic mass is 10.0. The van der Waals surface area contributed by atoms with Crippen LogP contribution in [-0.2, 0) is 0 Å². The molecule has 134 valence electrons. The third kappa shape index (κ3) is 4.08. The summed E-state index contributed by atoms with van der Waals surface area (Å²) in [6, 6.07) is 26.4. The standard InChI is InChI=1S/C23H18Cl2N2/c24-21-14-13-20(16-22(21)25)27-23(18-9-5-2-6-10-18)15-19(26-27)12-11-17-7-3-1-4-8-17/h1-14,16,23H,15H2/b12-11+/t23-/m1/s1. The zero-order valence-electron chi connectivity index (χ0n) is 14.6. The second-order valence-corrected chi connectivity index (χ2v) is 7.22. The summed E-state index contributed by atoms with van der Waals surface area (Å²) in [6.07, 6.45) is 5.01. The maximum atomic E-state index is 6.24. The smallest absolute Gasteiger partial charge is 0.0831 e. The van der Waals surface area contributed by atoms with Gasteiger partial charge in [0.15, 0.2) is 0 Å². The van der Waals surface area contributed by atoms with Crippen molar-refractivity contribution in [3.05, 3.63) is 106 Å². The van der Waals surface area contributed by atoms with Gasteiger partial charge in [-0.1, -0.05) is 89.9 Å². The minimum absolute atomic E-state index is 0.124. The Morgan fingerprint density at radius 1 is 0.815 bits per heavy atom. The molecule has 0 unspecified atom stereocenters. The Bertz CT molecular complexity index is 982. The van der Waals surface area contributed by atoms with Crippen molar-refractivity contribution < 1.29 is 0 Å². The average Bonchev–Trinajstić information content (AvgIpc) is 3.14. The van der Waals surface area contributed by atoms with Crippen molar-refractivity contribution in [2.45, 2.75) is 12.5 Å². The fourth-order valence-corrected chi connectivity index (χ4v) is 3.48. The first-order chi connectivity index (χ1) is 13.2. The summed E-state index contributed by atoms with van der Waals surface area (Å²) in [5.41, 5.74) is 4.33. The maximum Gasteiger partial charge on any atom is 0.0831 e. The molecule has 0 spiro atoms. The van der Waals surface area contributed by atoms with Gasteiger partial charge in [-0.2, -0.15) is 5.10 Å². The molecule has 0 fully saturated rings. The second kappa shape index (κ2) is 7.99. The Balaban J connectivity index is 1.67. The first-order valence-corrected chi connectivity index (χ1v) is 9.56. The molecule has 4 rings (SSSR count). The van der Waals surface area contributed by atoms with E-state index < -0.39 is 0 Å². The highest BCUT2D eigenvalue weighted by Gasteiger charge is 2.28. The Hall–Kier alpha value is -2.55. The van der Waals surface area contributed by atoms with Gasteiger partial charge < -0.3 is 0 Å². The fraction of sp³-hybridized carbons (Fsp3) is 0.0870. The highest BCUT2D eigenvalue weighted by molar-refractivity contribution is 6.42. The lowest BCUT2D eigenvalue weighted by Crippen LogP contribution is -2.18. The second-order valence-electron chi connectivity index (χ2n) is 6.41. The number of anilines is 1. The van der Waals surface area contributed by atoms with Crippen LogP contribution in [0.3, 0.4) is 0 Å². The van der Waals surface area contributed by atoms with Crippen molar-refractivity contribution in [2.24, 2.45) is 5.10 Å². The summed E-state index contributed by atoms with van der Waals surface area (Å²) in [6.45, 7) is 0. The van der Waals surface area contributed by atoms with E-state index >= 15 is 0 Å². The SMILES string of the molecule is Clc1ccc(N2N=C(/C=C/c3ccccc3)C[C@@H]2c2ccccc2)cc1Cl. The minimum atomic E-state index is 0.124. The zero-order valence-corrected chi connectivity index (χ0v) is 16.1. The van der Waals surface area contributed by atoms with Crippen LogP contribution in [0.2, 0.25) is 10.0 Å². The Labute approximate surface area is 169 Å². The Morgan fingerprint density at radius 3 is 2.22 bits per heavy atom. The quantitative estimate of drug-likeness (QED) is 0.465. The van der Waals surface area contributed by atoms with Crippen LogP contribution in [0.15, 0.2) is 90.0 Å². The molecule has 3 aromatic carbocycles. The van der Waals surface area contributed by atoms with E-state index in [0.29, 0.717) is 10.0 Å². The lowest BCUT2D eigenvalue weighted by Gasteiger charge is -2.24. The minimum Gasteiger partial charge on any atom is -0.257 e. The normalized spacial score (nSPS) is 16.7. The molecule has 27 heavy (non-hydrogen) atoms. The van der Waals surface area contributed by atoms with Crippen LogP contribution in [0.1, 0.15) is 23.6 Å². The zero-order chi connectivity index (χ0) is 18.6. The van der Waals surface area contributed by atoms with Gasteiger partial charge in [-0.05, 0) is 35.4 Å². The van der Waals surface area contributed by atoms with E-state index in [1.807, 2.05) is 47.5 Å². The summed E-state index contributed by atoms with van der Waals surface area (Å²) < 4.78 is 0. The van der Waals surface area contributed by atoms with E-state index in [0.717, 1.165) is 23.4 Å². The van der Waals surface area contributed by atoms with E-state index in [1.54, 1.807) is 0 Å². The van der Waals surface area contributed by atoms with Crippen molar-refractivity contribution in [3.8, 4) is 0 Å². The van der Waals surface area contributed by atoms with Gasteiger partial charge in [0, 0.05) is 6.42 Å². The molecule has 0 saturated carbocycles. The van der Waals surface area contributed by atoms with Crippen molar-refractivity contribution in [1.82, 2.24) is 0 Å². The summed E-state index contributed by atoms with van der Waals surface area (Å²) in [5.74, 6) is 0.